The predicted octanol–water partition coefficient (Wildman–Crippen LogP) is 0.804. The van der Waals surface area contributed by atoms with Crippen LogP contribution >= 0.6 is 0 Å². The number of rotatable bonds is 4. The quantitative estimate of drug-likeness (QED) is 0.838. The Morgan fingerprint density at radius 3 is 2.85 bits per heavy atom. The van der Waals surface area contributed by atoms with Crippen molar-refractivity contribution >= 4 is 23.2 Å². The summed E-state index contributed by atoms with van der Waals surface area (Å²) in [4.78, 5) is 27.7. The van der Waals surface area contributed by atoms with E-state index in [4.69, 9.17) is 9.47 Å². The van der Waals surface area contributed by atoms with Crippen molar-refractivity contribution in [3.05, 3.63) is 48.0 Å². The van der Waals surface area contributed by atoms with Gasteiger partial charge in [0.25, 0.3) is 5.91 Å². The molecule has 2 N–H and O–H groups in total. The molecule has 0 saturated carbocycles. The van der Waals surface area contributed by atoms with Crippen molar-refractivity contribution in [1.29, 1.82) is 0 Å². The minimum atomic E-state index is -0.311. The third-order valence-corrected chi connectivity index (χ3v) is 5.07. The predicted molar refractivity (Wildman–Crippen MR) is 100 cm³/mol. The van der Waals surface area contributed by atoms with Gasteiger partial charge in [-0.25, -0.2) is 0 Å². The fourth-order valence-corrected chi connectivity index (χ4v) is 3.40. The van der Waals surface area contributed by atoms with Crippen molar-refractivity contribution in [2.24, 2.45) is 0 Å². The van der Waals surface area contributed by atoms with Crippen molar-refractivity contribution < 1.29 is 24.0 Å². The van der Waals surface area contributed by atoms with Crippen LogP contribution in [-0.4, -0.2) is 38.2 Å². The molecule has 0 fully saturated rings. The first-order valence-electron chi connectivity index (χ1n) is 8.94. The van der Waals surface area contributed by atoms with Crippen LogP contribution in [0.3, 0.4) is 0 Å². The SMILES string of the molecule is C[C@H](C(=O)N1CC(=O)Nc2ccccc21)[NH+](C)Cc1ccc2c(c1)OCO2. The molecule has 0 spiro atoms. The summed E-state index contributed by atoms with van der Waals surface area (Å²) in [7, 11) is 1.98. The number of amides is 2. The van der Waals surface area contributed by atoms with Crippen LogP contribution in [-0.2, 0) is 16.1 Å². The molecule has 2 aliphatic rings. The highest BCUT2D eigenvalue weighted by molar-refractivity contribution is 6.10. The van der Waals surface area contributed by atoms with Gasteiger partial charge in [-0.15, -0.1) is 0 Å². The van der Waals surface area contributed by atoms with E-state index in [1.807, 2.05) is 50.4 Å². The molecule has 2 aromatic rings. The molecule has 2 atom stereocenters. The molecule has 0 saturated heterocycles. The molecule has 7 nitrogen and oxygen atoms in total. The molecule has 2 aromatic carbocycles. The lowest BCUT2D eigenvalue weighted by Crippen LogP contribution is -3.12. The molecule has 1 unspecified atom stereocenters. The number of benzene rings is 2. The van der Waals surface area contributed by atoms with Gasteiger partial charge in [-0.3, -0.25) is 14.5 Å². The third-order valence-electron chi connectivity index (χ3n) is 5.07. The number of ether oxygens (including phenoxy) is 2. The van der Waals surface area contributed by atoms with Crippen LogP contribution < -0.4 is 24.6 Å². The van der Waals surface area contributed by atoms with Gasteiger partial charge >= 0.3 is 0 Å². The number of hydrogen-bond donors (Lipinski definition) is 2. The zero-order valence-electron chi connectivity index (χ0n) is 15.3. The van der Waals surface area contributed by atoms with Gasteiger partial charge in [-0.05, 0) is 37.3 Å². The van der Waals surface area contributed by atoms with Crippen molar-refractivity contribution in [1.82, 2.24) is 0 Å². The molecule has 0 aromatic heterocycles. The first-order valence-corrected chi connectivity index (χ1v) is 8.94. The standard InChI is InChI=1S/C20H21N3O4/c1-13(22(2)10-14-7-8-17-18(9-14)27-12-26-17)20(25)23-11-19(24)21-15-5-3-4-6-16(15)23/h3-9,13H,10-12H2,1-2H3,(H,21,24)/p+1/t13-/m1/s1. The molecule has 0 radical (unpaired) electrons. The first-order chi connectivity index (χ1) is 13.0. The maximum atomic E-state index is 13.1. The number of para-hydroxylation sites is 2. The van der Waals surface area contributed by atoms with E-state index in [-0.39, 0.29) is 31.2 Å². The van der Waals surface area contributed by atoms with Crippen LogP contribution in [0.15, 0.2) is 42.5 Å². The topological polar surface area (TPSA) is 72.3 Å². The number of nitrogens with one attached hydrogen (secondary N) is 2. The zero-order valence-corrected chi connectivity index (χ0v) is 15.3. The van der Waals surface area contributed by atoms with Crippen molar-refractivity contribution in [2.45, 2.75) is 19.5 Å². The second kappa shape index (κ2) is 6.92. The molecule has 27 heavy (non-hydrogen) atoms. The summed E-state index contributed by atoms with van der Waals surface area (Å²) >= 11 is 0. The second-order valence-electron chi connectivity index (χ2n) is 6.92. The number of hydrogen-bond acceptors (Lipinski definition) is 4. The molecule has 2 amide bonds. The summed E-state index contributed by atoms with van der Waals surface area (Å²) in [5.41, 5.74) is 2.47. The van der Waals surface area contributed by atoms with E-state index in [0.29, 0.717) is 12.2 Å². The molecular weight excluding hydrogens is 346 g/mol. The lowest BCUT2D eigenvalue weighted by atomic mass is 10.1. The van der Waals surface area contributed by atoms with Crippen LogP contribution in [0.4, 0.5) is 11.4 Å². The average Bonchev–Trinajstić information content (AvgIpc) is 3.13. The van der Waals surface area contributed by atoms with Crippen LogP contribution in [0.25, 0.3) is 0 Å². The lowest BCUT2D eigenvalue weighted by Gasteiger charge is -2.32. The molecule has 0 bridgehead atoms. The van der Waals surface area contributed by atoms with E-state index in [2.05, 4.69) is 5.32 Å². The number of carbonyl (C=O) groups is 2. The molecule has 4 rings (SSSR count). The fraction of sp³-hybridized carbons (Fsp3) is 0.300. The summed E-state index contributed by atoms with van der Waals surface area (Å²) in [6, 6.07) is 12.9. The number of fused-ring (bicyclic) bond motifs is 2. The van der Waals surface area contributed by atoms with Crippen LogP contribution in [0, 0.1) is 0 Å². The minimum Gasteiger partial charge on any atom is -0.454 e. The summed E-state index contributed by atoms with van der Waals surface area (Å²) in [5.74, 6) is 1.23. The summed E-state index contributed by atoms with van der Waals surface area (Å²) < 4.78 is 10.8. The molecule has 0 aliphatic carbocycles. The molecule has 140 valence electrons. The first kappa shape index (κ1) is 17.4. The van der Waals surface area contributed by atoms with E-state index in [0.717, 1.165) is 27.6 Å². The Morgan fingerprint density at radius 2 is 2.00 bits per heavy atom. The van der Waals surface area contributed by atoms with Gasteiger partial charge in [0.1, 0.15) is 13.1 Å². The van der Waals surface area contributed by atoms with Gasteiger partial charge in [-0.1, -0.05) is 12.1 Å². The Labute approximate surface area is 157 Å². The van der Waals surface area contributed by atoms with E-state index < -0.39 is 0 Å². The summed E-state index contributed by atoms with van der Waals surface area (Å²) in [5, 5.41) is 2.81. The molecular formula is C20H22N3O4+. The van der Waals surface area contributed by atoms with Crippen molar-refractivity contribution in [3.63, 3.8) is 0 Å². The number of quaternary nitrogens is 1. The van der Waals surface area contributed by atoms with Gasteiger partial charge in [0, 0.05) is 5.56 Å². The van der Waals surface area contributed by atoms with Gasteiger partial charge in [0.15, 0.2) is 17.5 Å². The molecule has 7 heteroatoms. The van der Waals surface area contributed by atoms with Crippen molar-refractivity contribution in [3.8, 4) is 11.5 Å². The van der Waals surface area contributed by atoms with Crippen LogP contribution in [0.5, 0.6) is 11.5 Å². The van der Waals surface area contributed by atoms with Crippen molar-refractivity contribution in [2.75, 3.05) is 30.6 Å². The second-order valence-corrected chi connectivity index (χ2v) is 6.92. The smallest absolute Gasteiger partial charge is 0.285 e. The third kappa shape index (κ3) is 3.33. The Morgan fingerprint density at radius 1 is 1.22 bits per heavy atom. The number of likely N-dealkylation sites (N-methyl/N-ethyl adjacent to an activating group) is 1. The average molecular weight is 368 g/mol. The van der Waals surface area contributed by atoms with Gasteiger partial charge < -0.3 is 19.7 Å². The zero-order chi connectivity index (χ0) is 19.0. The molecule has 2 heterocycles. The maximum Gasteiger partial charge on any atom is 0.285 e. The Hall–Kier alpha value is -3.06. The Bertz CT molecular complexity index is 899. The lowest BCUT2D eigenvalue weighted by molar-refractivity contribution is -0.908. The van der Waals surface area contributed by atoms with E-state index in [9.17, 15) is 9.59 Å². The highest BCUT2D eigenvalue weighted by atomic mass is 16.7. The highest BCUT2D eigenvalue weighted by Gasteiger charge is 2.33. The van der Waals surface area contributed by atoms with E-state index in [1.165, 1.54) is 0 Å². The Balaban J connectivity index is 1.49. The van der Waals surface area contributed by atoms with Crippen LogP contribution in [0.1, 0.15) is 12.5 Å². The van der Waals surface area contributed by atoms with E-state index in [1.54, 1.807) is 11.0 Å². The highest BCUT2D eigenvalue weighted by Crippen LogP contribution is 2.32. The minimum absolute atomic E-state index is 0.0392. The largest absolute Gasteiger partial charge is 0.454 e. The maximum absolute atomic E-state index is 13.1. The number of nitrogens with zero attached hydrogens (tertiary/aromatic N) is 1. The number of anilines is 2. The monoisotopic (exact) mass is 368 g/mol. The van der Waals surface area contributed by atoms with Gasteiger partial charge in [0.05, 0.1) is 18.4 Å². The summed E-state index contributed by atoms with van der Waals surface area (Å²) in [6.07, 6.45) is 0. The normalized spacial score (nSPS) is 17.1. The number of carbonyl (C=O) groups excluding carboxylic acids is 2. The van der Waals surface area contributed by atoms with Gasteiger partial charge in [0.2, 0.25) is 12.7 Å². The van der Waals surface area contributed by atoms with Gasteiger partial charge in [-0.2, -0.15) is 0 Å². The fourth-order valence-electron chi connectivity index (χ4n) is 3.40. The molecule has 2 aliphatic heterocycles. The summed E-state index contributed by atoms with van der Waals surface area (Å²) in [6.45, 7) is 2.83. The Kier molecular flexibility index (Phi) is 4.45. The van der Waals surface area contributed by atoms with E-state index >= 15 is 0 Å². The van der Waals surface area contributed by atoms with Crippen LogP contribution in [0.2, 0.25) is 0 Å².